The summed E-state index contributed by atoms with van der Waals surface area (Å²) in [7, 11) is 1.52. The van der Waals surface area contributed by atoms with Gasteiger partial charge in [0.25, 0.3) is 5.56 Å². The molecule has 180 valence electrons. The van der Waals surface area contributed by atoms with E-state index in [1.165, 1.54) is 34.8 Å². The van der Waals surface area contributed by atoms with Gasteiger partial charge in [0.1, 0.15) is 11.6 Å². The Morgan fingerprint density at radius 1 is 1.24 bits per heavy atom. The highest BCUT2D eigenvalue weighted by Gasteiger charge is 2.24. The molecule has 2 aromatic carbocycles. The van der Waals surface area contributed by atoms with Crippen molar-refractivity contribution >= 4 is 34.7 Å². The third-order valence-electron chi connectivity index (χ3n) is 5.06. The van der Waals surface area contributed by atoms with Gasteiger partial charge in [-0.1, -0.05) is 41.9 Å². The number of nitrogen functional groups attached to an aromatic ring is 1. The van der Waals surface area contributed by atoms with Crippen molar-refractivity contribution in [2.75, 3.05) is 42.8 Å². The highest BCUT2D eigenvalue weighted by Crippen LogP contribution is 2.21. The number of aromatic nitrogens is 2. The first-order valence-electron chi connectivity index (χ1n) is 10.5. The molecular weight excluding hydrogens is 465 g/mol. The van der Waals surface area contributed by atoms with Crippen LogP contribution in [-0.2, 0) is 16.1 Å². The Hall–Kier alpha value is -3.63. The summed E-state index contributed by atoms with van der Waals surface area (Å²) in [6, 6.07) is 13.1. The molecular formula is C23H25ClFN5O4. The average molecular weight is 490 g/mol. The number of methoxy groups -OCH3 is 1. The first kappa shape index (κ1) is 25.0. The van der Waals surface area contributed by atoms with Crippen LogP contribution >= 0.6 is 11.6 Å². The molecule has 0 radical (unpaired) electrons. The standard InChI is InChI=1S/C23H25ClFN5O4/c1-34-11-5-10-29(19(31)13-27-16-8-9-18(25)17(24)12-16)20-21(26)30(23(33)28-22(20)32)14-15-6-3-2-4-7-15/h2-4,6-9,12,27H,5,10-11,13-14,26H2,1H3,(H,28,32,33). The Bertz CT molecular complexity index is 1260. The molecule has 0 aliphatic carbocycles. The van der Waals surface area contributed by atoms with Gasteiger partial charge in [0, 0.05) is 25.9 Å². The maximum atomic E-state index is 13.4. The van der Waals surface area contributed by atoms with Gasteiger partial charge in [-0.2, -0.15) is 0 Å². The Balaban J connectivity index is 1.93. The molecule has 1 heterocycles. The highest BCUT2D eigenvalue weighted by atomic mass is 35.5. The second kappa shape index (κ2) is 11.5. The number of hydrogen-bond donors (Lipinski definition) is 3. The molecule has 0 saturated heterocycles. The molecule has 9 nitrogen and oxygen atoms in total. The van der Waals surface area contributed by atoms with Crippen molar-refractivity contribution in [1.82, 2.24) is 9.55 Å². The lowest BCUT2D eigenvalue weighted by Gasteiger charge is -2.25. The third-order valence-corrected chi connectivity index (χ3v) is 5.35. The van der Waals surface area contributed by atoms with Gasteiger partial charge >= 0.3 is 5.69 Å². The number of H-pyrrole nitrogens is 1. The van der Waals surface area contributed by atoms with E-state index in [-0.39, 0.29) is 36.2 Å². The van der Waals surface area contributed by atoms with Crippen molar-refractivity contribution in [2.24, 2.45) is 0 Å². The maximum Gasteiger partial charge on any atom is 0.330 e. The van der Waals surface area contributed by atoms with E-state index in [1.54, 1.807) is 0 Å². The fourth-order valence-corrected chi connectivity index (χ4v) is 3.55. The van der Waals surface area contributed by atoms with Gasteiger partial charge < -0.3 is 20.7 Å². The van der Waals surface area contributed by atoms with Crippen molar-refractivity contribution in [2.45, 2.75) is 13.0 Å². The van der Waals surface area contributed by atoms with Crippen molar-refractivity contribution in [3.8, 4) is 0 Å². The van der Waals surface area contributed by atoms with Gasteiger partial charge in [-0.15, -0.1) is 0 Å². The smallest absolute Gasteiger partial charge is 0.330 e. The second-order valence-corrected chi connectivity index (χ2v) is 7.85. The van der Waals surface area contributed by atoms with Crippen LogP contribution in [0.1, 0.15) is 12.0 Å². The molecule has 4 N–H and O–H groups in total. The molecule has 3 aromatic rings. The molecule has 11 heteroatoms. The number of aromatic amines is 1. The van der Waals surface area contributed by atoms with Crippen molar-refractivity contribution < 1.29 is 13.9 Å². The normalized spacial score (nSPS) is 10.8. The number of halogens is 2. The predicted octanol–water partition coefficient (Wildman–Crippen LogP) is 2.44. The Labute approximate surface area is 199 Å². The molecule has 1 amide bonds. The van der Waals surface area contributed by atoms with Crippen LogP contribution in [0.2, 0.25) is 5.02 Å². The van der Waals surface area contributed by atoms with Gasteiger partial charge in [-0.25, -0.2) is 9.18 Å². The number of carbonyl (C=O) groups excluding carboxylic acids is 1. The Kier molecular flexibility index (Phi) is 8.44. The minimum absolute atomic E-state index is 0.0944. The SMILES string of the molecule is COCCCN(C(=O)CNc1ccc(F)c(Cl)c1)c1c(N)n(Cc2ccccc2)c(=O)[nH]c1=O. The molecule has 0 saturated carbocycles. The van der Waals surface area contributed by atoms with E-state index in [2.05, 4.69) is 10.3 Å². The number of anilines is 3. The Morgan fingerprint density at radius 2 is 1.97 bits per heavy atom. The lowest BCUT2D eigenvalue weighted by atomic mass is 10.2. The summed E-state index contributed by atoms with van der Waals surface area (Å²) in [5.74, 6) is -1.20. The summed E-state index contributed by atoms with van der Waals surface area (Å²) in [5, 5.41) is 2.77. The van der Waals surface area contributed by atoms with E-state index in [0.29, 0.717) is 18.7 Å². The molecule has 0 fully saturated rings. The van der Waals surface area contributed by atoms with E-state index in [9.17, 15) is 18.8 Å². The minimum atomic E-state index is -0.776. The van der Waals surface area contributed by atoms with E-state index in [0.717, 1.165) is 5.56 Å². The summed E-state index contributed by atoms with van der Waals surface area (Å²) in [4.78, 5) is 41.8. The molecule has 0 spiro atoms. The van der Waals surface area contributed by atoms with E-state index in [1.807, 2.05) is 30.3 Å². The minimum Gasteiger partial charge on any atom is -0.385 e. The van der Waals surface area contributed by atoms with E-state index >= 15 is 0 Å². The van der Waals surface area contributed by atoms with Crippen LogP contribution in [0.5, 0.6) is 0 Å². The molecule has 0 aliphatic rings. The van der Waals surface area contributed by atoms with Gasteiger partial charge in [0.2, 0.25) is 5.91 Å². The van der Waals surface area contributed by atoms with Crippen LogP contribution in [0.15, 0.2) is 58.1 Å². The monoisotopic (exact) mass is 489 g/mol. The van der Waals surface area contributed by atoms with Gasteiger partial charge in [-0.3, -0.25) is 19.1 Å². The summed E-state index contributed by atoms with van der Waals surface area (Å²) in [6.07, 6.45) is 0.418. The summed E-state index contributed by atoms with van der Waals surface area (Å²) in [6.45, 7) is 0.342. The van der Waals surface area contributed by atoms with Gasteiger partial charge in [0.05, 0.1) is 18.1 Å². The average Bonchev–Trinajstić information content (AvgIpc) is 2.82. The second-order valence-electron chi connectivity index (χ2n) is 7.44. The molecule has 0 atom stereocenters. The van der Waals surface area contributed by atoms with E-state index < -0.39 is 23.0 Å². The molecule has 34 heavy (non-hydrogen) atoms. The number of hydrogen-bond acceptors (Lipinski definition) is 6. The predicted molar refractivity (Wildman–Crippen MR) is 130 cm³/mol. The van der Waals surface area contributed by atoms with Crippen LogP contribution in [0.25, 0.3) is 0 Å². The lowest BCUT2D eigenvalue weighted by Crippen LogP contribution is -2.44. The van der Waals surface area contributed by atoms with Crippen LogP contribution in [-0.4, -0.2) is 42.3 Å². The molecule has 0 bridgehead atoms. The number of nitrogens with one attached hydrogen (secondary N) is 2. The fraction of sp³-hybridized carbons (Fsp3) is 0.261. The number of amides is 1. The van der Waals surface area contributed by atoms with Crippen LogP contribution < -0.4 is 27.2 Å². The quantitative estimate of drug-likeness (QED) is 0.376. The van der Waals surface area contributed by atoms with Gasteiger partial charge in [-0.05, 0) is 30.2 Å². The summed E-state index contributed by atoms with van der Waals surface area (Å²) >= 11 is 5.79. The van der Waals surface area contributed by atoms with Gasteiger partial charge in [0.15, 0.2) is 5.69 Å². The zero-order chi connectivity index (χ0) is 24.7. The first-order chi connectivity index (χ1) is 16.3. The lowest BCUT2D eigenvalue weighted by molar-refractivity contribution is -0.117. The number of carbonyl (C=O) groups is 1. The van der Waals surface area contributed by atoms with Crippen molar-refractivity contribution in [1.29, 1.82) is 0 Å². The van der Waals surface area contributed by atoms with Crippen molar-refractivity contribution in [3.05, 3.63) is 85.8 Å². The molecule has 1 aromatic heterocycles. The largest absolute Gasteiger partial charge is 0.385 e. The topological polar surface area (TPSA) is 122 Å². The van der Waals surface area contributed by atoms with Crippen LogP contribution in [0.3, 0.4) is 0 Å². The summed E-state index contributed by atoms with van der Waals surface area (Å²) in [5.41, 5.74) is 5.89. The zero-order valence-electron chi connectivity index (χ0n) is 18.5. The number of nitrogens with zero attached hydrogens (tertiary/aromatic N) is 2. The maximum absolute atomic E-state index is 13.4. The highest BCUT2D eigenvalue weighted by molar-refractivity contribution is 6.31. The van der Waals surface area contributed by atoms with Crippen LogP contribution in [0.4, 0.5) is 21.6 Å². The third kappa shape index (κ3) is 6.03. The number of nitrogens with two attached hydrogens (primary N) is 1. The molecule has 3 rings (SSSR count). The zero-order valence-corrected chi connectivity index (χ0v) is 19.3. The van der Waals surface area contributed by atoms with Crippen molar-refractivity contribution in [3.63, 3.8) is 0 Å². The van der Waals surface area contributed by atoms with E-state index in [4.69, 9.17) is 22.1 Å². The Morgan fingerprint density at radius 3 is 2.65 bits per heavy atom. The first-order valence-corrected chi connectivity index (χ1v) is 10.8. The summed E-state index contributed by atoms with van der Waals surface area (Å²) < 4.78 is 19.7. The number of benzene rings is 2. The van der Waals surface area contributed by atoms with Crippen LogP contribution in [0, 0.1) is 5.82 Å². The number of ether oxygens (including phenoxy) is 1. The molecule has 0 aliphatic heterocycles. The number of rotatable bonds is 10. The molecule has 0 unspecified atom stereocenters. The fourth-order valence-electron chi connectivity index (χ4n) is 3.37.